The minimum absolute atomic E-state index is 0.205. The maximum absolute atomic E-state index is 13.1. The van der Waals surface area contributed by atoms with Crippen molar-refractivity contribution in [2.24, 2.45) is 0 Å². The summed E-state index contributed by atoms with van der Waals surface area (Å²) in [5.74, 6) is 1.47. The molecule has 0 unspecified atom stereocenters. The summed E-state index contributed by atoms with van der Waals surface area (Å²) >= 11 is 4.85. The fourth-order valence-corrected chi connectivity index (χ4v) is 4.27. The molecule has 11 heteroatoms. The molecule has 2 aromatic carbocycles. The zero-order valence-electron chi connectivity index (χ0n) is 17.1. The van der Waals surface area contributed by atoms with E-state index in [1.807, 2.05) is 42.5 Å². The predicted molar refractivity (Wildman–Crippen MR) is 124 cm³/mol. The number of carbonyl (C=O) groups is 1. The summed E-state index contributed by atoms with van der Waals surface area (Å²) < 4.78 is 13.3. The molecular weight excluding hydrogens is 508 g/mol. The lowest BCUT2D eigenvalue weighted by Gasteiger charge is -2.09. The molecule has 9 nitrogen and oxygen atoms in total. The van der Waals surface area contributed by atoms with Crippen LogP contribution in [0.2, 0.25) is 0 Å². The number of nitrogens with one attached hydrogen (secondary N) is 1. The van der Waals surface area contributed by atoms with Crippen LogP contribution in [0.15, 0.2) is 70.6 Å². The van der Waals surface area contributed by atoms with E-state index in [-0.39, 0.29) is 18.4 Å². The topological polar surface area (TPSA) is 104 Å². The molecule has 5 rings (SSSR count). The monoisotopic (exact) mass is 524 g/mol. The number of hydrogen-bond acceptors (Lipinski definition) is 8. The predicted octanol–water partition coefficient (Wildman–Crippen LogP) is 3.77. The van der Waals surface area contributed by atoms with Crippen LogP contribution in [-0.4, -0.2) is 37.7 Å². The molecule has 0 fully saturated rings. The second-order valence-corrected chi connectivity index (χ2v) is 8.82. The van der Waals surface area contributed by atoms with Crippen molar-refractivity contribution in [3.05, 3.63) is 82.3 Å². The van der Waals surface area contributed by atoms with Gasteiger partial charge in [0.1, 0.15) is 0 Å². The third kappa shape index (κ3) is 4.83. The summed E-state index contributed by atoms with van der Waals surface area (Å²) in [6.45, 7) is 0.519. The standard InChI is InChI=1S/C22H17BrN6O3S/c23-15-3-5-16(6-4-15)29-17(12-33-22-24-8-1-9-25-22)20(27-28-29)21(30)26-11-14-2-7-18-19(10-14)32-13-31-18/h1-10H,11-13H2,(H,26,30). The van der Waals surface area contributed by atoms with Gasteiger partial charge in [0.15, 0.2) is 22.3 Å². The number of rotatable bonds is 7. The third-order valence-electron chi connectivity index (χ3n) is 4.82. The normalized spacial score (nSPS) is 12.0. The highest BCUT2D eigenvalue weighted by Crippen LogP contribution is 2.32. The Hall–Kier alpha value is -3.44. The number of ether oxygens (including phenoxy) is 2. The summed E-state index contributed by atoms with van der Waals surface area (Å²) in [7, 11) is 0. The number of halogens is 1. The SMILES string of the molecule is O=C(NCc1ccc2c(c1)OCO2)c1nnn(-c2ccc(Br)cc2)c1CSc1ncccn1. The molecule has 0 bridgehead atoms. The molecule has 33 heavy (non-hydrogen) atoms. The summed E-state index contributed by atoms with van der Waals surface area (Å²) in [4.78, 5) is 21.5. The van der Waals surface area contributed by atoms with Crippen molar-refractivity contribution >= 4 is 33.6 Å². The Balaban J connectivity index is 1.38. The summed E-state index contributed by atoms with van der Waals surface area (Å²) in [5.41, 5.74) is 2.59. The molecule has 1 aliphatic heterocycles. The number of nitrogens with zero attached hydrogens (tertiary/aromatic N) is 5. The van der Waals surface area contributed by atoms with E-state index in [0.717, 1.165) is 15.7 Å². The summed E-state index contributed by atoms with van der Waals surface area (Å²) in [6.07, 6.45) is 3.36. The average Bonchev–Trinajstić information content (AvgIpc) is 3.49. The van der Waals surface area contributed by atoms with E-state index in [1.165, 1.54) is 11.8 Å². The number of carbonyl (C=O) groups excluding carboxylic acids is 1. The maximum Gasteiger partial charge on any atom is 0.274 e. The minimum Gasteiger partial charge on any atom is -0.454 e. The molecule has 0 atom stereocenters. The van der Waals surface area contributed by atoms with Crippen molar-refractivity contribution in [1.82, 2.24) is 30.3 Å². The smallest absolute Gasteiger partial charge is 0.274 e. The molecule has 4 aromatic rings. The van der Waals surface area contributed by atoms with Gasteiger partial charge in [-0.3, -0.25) is 4.79 Å². The largest absolute Gasteiger partial charge is 0.454 e. The Bertz CT molecular complexity index is 1280. The molecular formula is C22H17BrN6O3S. The number of amides is 1. The van der Waals surface area contributed by atoms with Crippen LogP contribution in [0.5, 0.6) is 11.5 Å². The van der Waals surface area contributed by atoms with Crippen molar-refractivity contribution in [3.63, 3.8) is 0 Å². The molecule has 0 spiro atoms. The van der Waals surface area contributed by atoms with E-state index in [0.29, 0.717) is 34.6 Å². The first-order valence-electron chi connectivity index (χ1n) is 9.94. The van der Waals surface area contributed by atoms with Gasteiger partial charge >= 0.3 is 0 Å². The van der Waals surface area contributed by atoms with E-state index in [4.69, 9.17) is 9.47 Å². The van der Waals surface area contributed by atoms with Crippen LogP contribution in [-0.2, 0) is 12.3 Å². The van der Waals surface area contributed by atoms with Crippen molar-refractivity contribution in [2.75, 3.05) is 6.79 Å². The molecule has 0 radical (unpaired) electrons. The lowest BCUT2D eigenvalue weighted by Crippen LogP contribution is -2.24. The van der Waals surface area contributed by atoms with Gasteiger partial charge in [-0.2, -0.15) is 0 Å². The summed E-state index contributed by atoms with van der Waals surface area (Å²) in [6, 6.07) is 14.9. The first kappa shape index (κ1) is 21.4. The van der Waals surface area contributed by atoms with Gasteiger partial charge in [-0.25, -0.2) is 14.6 Å². The second-order valence-electron chi connectivity index (χ2n) is 6.96. The molecule has 3 heterocycles. The highest BCUT2D eigenvalue weighted by atomic mass is 79.9. The van der Waals surface area contributed by atoms with Crippen LogP contribution in [0.25, 0.3) is 5.69 Å². The van der Waals surface area contributed by atoms with Crippen LogP contribution in [0.4, 0.5) is 0 Å². The van der Waals surface area contributed by atoms with Gasteiger partial charge in [0.05, 0.1) is 11.4 Å². The van der Waals surface area contributed by atoms with E-state index < -0.39 is 0 Å². The van der Waals surface area contributed by atoms with Gasteiger partial charge in [0, 0.05) is 29.2 Å². The van der Waals surface area contributed by atoms with E-state index >= 15 is 0 Å². The lowest BCUT2D eigenvalue weighted by molar-refractivity contribution is 0.0945. The van der Waals surface area contributed by atoms with Gasteiger partial charge in [0.25, 0.3) is 5.91 Å². The first-order chi connectivity index (χ1) is 16.2. The molecule has 1 N–H and O–H groups in total. The Morgan fingerprint density at radius 2 is 1.88 bits per heavy atom. The van der Waals surface area contributed by atoms with Gasteiger partial charge in [0.2, 0.25) is 6.79 Å². The number of hydrogen-bond donors (Lipinski definition) is 1. The van der Waals surface area contributed by atoms with E-state index in [9.17, 15) is 4.79 Å². The Morgan fingerprint density at radius 3 is 2.70 bits per heavy atom. The Kier molecular flexibility index (Phi) is 6.22. The highest BCUT2D eigenvalue weighted by molar-refractivity contribution is 9.10. The summed E-state index contributed by atoms with van der Waals surface area (Å²) in [5, 5.41) is 12.0. The molecule has 1 amide bonds. The van der Waals surface area contributed by atoms with Gasteiger partial charge in [-0.05, 0) is 48.0 Å². The number of thioether (sulfide) groups is 1. The van der Waals surface area contributed by atoms with Crippen molar-refractivity contribution in [3.8, 4) is 17.2 Å². The molecule has 1 aliphatic rings. The zero-order valence-corrected chi connectivity index (χ0v) is 19.5. The Labute approximate surface area is 201 Å². The third-order valence-corrected chi connectivity index (χ3v) is 6.24. The molecule has 2 aromatic heterocycles. The van der Waals surface area contributed by atoms with Gasteiger partial charge in [-0.15, -0.1) is 5.10 Å². The van der Waals surface area contributed by atoms with Crippen molar-refractivity contribution in [2.45, 2.75) is 17.5 Å². The van der Waals surface area contributed by atoms with Crippen molar-refractivity contribution in [1.29, 1.82) is 0 Å². The second kappa shape index (κ2) is 9.59. The number of fused-ring (bicyclic) bond motifs is 1. The average molecular weight is 525 g/mol. The fourth-order valence-electron chi connectivity index (χ4n) is 3.21. The van der Waals surface area contributed by atoms with Crippen LogP contribution < -0.4 is 14.8 Å². The zero-order chi connectivity index (χ0) is 22.6. The van der Waals surface area contributed by atoms with Crippen LogP contribution in [0, 0.1) is 0 Å². The molecule has 0 saturated carbocycles. The van der Waals surface area contributed by atoms with Crippen molar-refractivity contribution < 1.29 is 14.3 Å². The fraction of sp³-hybridized carbons (Fsp3) is 0.136. The minimum atomic E-state index is -0.319. The number of aromatic nitrogens is 5. The van der Waals surface area contributed by atoms with E-state index in [2.05, 4.69) is 41.5 Å². The van der Waals surface area contributed by atoms with Crippen LogP contribution in [0.3, 0.4) is 0 Å². The quantitative estimate of drug-likeness (QED) is 0.287. The molecule has 166 valence electrons. The Morgan fingerprint density at radius 1 is 1.09 bits per heavy atom. The van der Waals surface area contributed by atoms with Gasteiger partial charge in [-0.1, -0.05) is 39.0 Å². The van der Waals surface area contributed by atoms with E-state index in [1.54, 1.807) is 23.1 Å². The number of benzene rings is 2. The first-order valence-corrected chi connectivity index (χ1v) is 11.7. The van der Waals surface area contributed by atoms with Crippen LogP contribution >= 0.6 is 27.7 Å². The lowest BCUT2D eigenvalue weighted by atomic mass is 10.2. The maximum atomic E-state index is 13.1. The molecule has 0 aliphatic carbocycles. The van der Waals surface area contributed by atoms with Gasteiger partial charge < -0.3 is 14.8 Å². The highest BCUT2D eigenvalue weighted by Gasteiger charge is 2.22. The molecule has 0 saturated heterocycles. The van der Waals surface area contributed by atoms with Crippen LogP contribution in [0.1, 0.15) is 21.7 Å².